The van der Waals surface area contributed by atoms with Gasteiger partial charge in [-0.2, -0.15) is 0 Å². The van der Waals surface area contributed by atoms with E-state index in [1.807, 2.05) is 30.3 Å². The van der Waals surface area contributed by atoms with Gasteiger partial charge in [0.15, 0.2) is 0 Å². The Kier molecular flexibility index (Phi) is 7.99. The van der Waals surface area contributed by atoms with Gasteiger partial charge in [0, 0.05) is 0 Å². The number of aromatic hydroxyl groups is 1. The Morgan fingerprint density at radius 3 is 2.38 bits per heavy atom. The molecule has 3 rings (SSSR count). The normalized spacial score (nSPS) is 13.0. The third-order valence-corrected chi connectivity index (χ3v) is 7.49. The Labute approximate surface area is 199 Å². The predicted octanol–water partition coefficient (Wildman–Crippen LogP) is 3.15. The molecule has 1 unspecified atom stereocenters. The van der Waals surface area contributed by atoms with Crippen LogP contribution in [0, 0.1) is 0 Å². The van der Waals surface area contributed by atoms with Crippen molar-refractivity contribution in [3.05, 3.63) is 89.5 Å². The van der Waals surface area contributed by atoms with Crippen molar-refractivity contribution in [3.63, 3.8) is 0 Å². The monoisotopic (exact) mass is 525 g/mol. The molecule has 9 heteroatoms. The molecule has 0 fully saturated rings. The van der Waals surface area contributed by atoms with Crippen LogP contribution in [0.2, 0.25) is 0 Å². The molecule has 1 amide bonds. The minimum atomic E-state index is -5.33. The standard InChI is InChI=1S/C25H24AsNO7/c1-17(14-20-10-6-7-11-24(20)33-16-19-8-4-3-5-9-19)25(30)34-26(31,32)21-12-13-23(29)22(15-21)27-18(2)28/h3-15,29H,16H2,1-2H3,(H,27,28)(H,31,32). The van der Waals surface area contributed by atoms with Crippen molar-refractivity contribution < 1.29 is 31.0 Å². The summed E-state index contributed by atoms with van der Waals surface area (Å²) in [5, 5.41) is 12.2. The summed E-state index contributed by atoms with van der Waals surface area (Å²) in [6, 6.07) is 20.1. The average molecular weight is 525 g/mol. The zero-order valence-electron chi connectivity index (χ0n) is 18.6. The Morgan fingerprint density at radius 2 is 1.68 bits per heavy atom. The van der Waals surface area contributed by atoms with Crippen LogP contribution in [0.4, 0.5) is 5.69 Å². The van der Waals surface area contributed by atoms with Gasteiger partial charge in [0.2, 0.25) is 0 Å². The first-order chi connectivity index (χ1) is 16.2. The first-order valence-electron chi connectivity index (χ1n) is 10.3. The zero-order valence-corrected chi connectivity index (χ0v) is 20.5. The number of ether oxygens (including phenoxy) is 1. The number of amides is 1. The summed E-state index contributed by atoms with van der Waals surface area (Å²) in [5.74, 6) is -1.20. The van der Waals surface area contributed by atoms with Crippen molar-refractivity contribution >= 4 is 42.2 Å². The Morgan fingerprint density at radius 1 is 1.00 bits per heavy atom. The number of phenols is 1. The molecule has 1 atom stereocenters. The summed E-state index contributed by atoms with van der Waals surface area (Å²) in [7, 11) is 0. The van der Waals surface area contributed by atoms with E-state index in [4.69, 9.17) is 8.46 Å². The Hall–Kier alpha value is -3.74. The third kappa shape index (κ3) is 6.63. The van der Waals surface area contributed by atoms with Crippen LogP contribution >= 0.6 is 0 Å². The molecule has 0 spiro atoms. The molecule has 176 valence electrons. The van der Waals surface area contributed by atoms with Crippen LogP contribution in [0.1, 0.15) is 25.0 Å². The molecule has 3 aromatic rings. The average Bonchev–Trinajstić information content (AvgIpc) is 2.80. The first kappa shape index (κ1) is 24.9. The topological polar surface area (TPSA) is 122 Å². The number of nitrogens with one attached hydrogen (secondary N) is 1. The summed E-state index contributed by atoms with van der Waals surface area (Å²) < 4.78 is 33.8. The predicted molar refractivity (Wildman–Crippen MR) is 128 cm³/mol. The Bertz CT molecular complexity index is 1270. The molecule has 0 aliphatic rings. The van der Waals surface area contributed by atoms with Crippen molar-refractivity contribution in [1.82, 2.24) is 0 Å². The minimum absolute atomic E-state index is 0.0616. The van der Waals surface area contributed by atoms with Crippen LogP contribution in [0.3, 0.4) is 0 Å². The maximum absolute atomic E-state index is 12.8. The summed E-state index contributed by atoms with van der Waals surface area (Å²) in [5.41, 5.74) is 1.61. The summed E-state index contributed by atoms with van der Waals surface area (Å²) in [6.45, 7) is 3.03. The quantitative estimate of drug-likeness (QED) is 0.235. The van der Waals surface area contributed by atoms with Gasteiger partial charge in [-0.25, -0.2) is 0 Å². The molecule has 0 aromatic heterocycles. The number of hydrogen-bond donors (Lipinski definition) is 3. The Balaban J connectivity index is 1.76. The van der Waals surface area contributed by atoms with Crippen LogP contribution < -0.4 is 14.4 Å². The number of hydrogen-bond acceptors (Lipinski definition) is 6. The van der Waals surface area contributed by atoms with Crippen molar-refractivity contribution in [3.8, 4) is 11.5 Å². The molecule has 0 aliphatic heterocycles. The summed E-state index contributed by atoms with van der Waals surface area (Å²) in [6.07, 6.45) is 1.51. The molecule has 3 aromatic carbocycles. The van der Waals surface area contributed by atoms with Gasteiger partial charge in [0.05, 0.1) is 0 Å². The van der Waals surface area contributed by atoms with Crippen molar-refractivity contribution in [2.24, 2.45) is 0 Å². The van der Waals surface area contributed by atoms with Crippen molar-refractivity contribution in [2.45, 2.75) is 20.5 Å². The summed E-state index contributed by atoms with van der Waals surface area (Å²) >= 11 is -5.33. The second kappa shape index (κ2) is 10.9. The van der Waals surface area contributed by atoms with Crippen LogP contribution in [0.15, 0.2) is 78.4 Å². The summed E-state index contributed by atoms with van der Waals surface area (Å²) in [4.78, 5) is 23.9. The number of para-hydroxylation sites is 1. The second-order valence-electron chi connectivity index (χ2n) is 7.42. The molecular weight excluding hydrogens is 501 g/mol. The number of phenolic OH excluding ortho intramolecular Hbond substituents is 1. The zero-order chi connectivity index (χ0) is 24.7. The maximum atomic E-state index is 12.8. The van der Waals surface area contributed by atoms with Crippen LogP contribution in [-0.2, 0) is 23.7 Å². The number of anilines is 1. The van der Waals surface area contributed by atoms with Gasteiger partial charge in [-0.05, 0) is 0 Å². The fourth-order valence-electron chi connectivity index (χ4n) is 2.99. The second-order valence-corrected chi connectivity index (χ2v) is 11.1. The van der Waals surface area contributed by atoms with Gasteiger partial charge in [0.1, 0.15) is 0 Å². The molecule has 0 bridgehead atoms. The first-order valence-corrected chi connectivity index (χ1v) is 13.6. The van der Waals surface area contributed by atoms with E-state index in [0.717, 1.165) is 17.7 Å². The fraction of sp³-hybridized carbons (Fsp3) is 0.120. The SMILES string of the molecule is CC(=O)Nc1cc([As](=O)(O)OC(=O)C(C)=Cc2ccccc2OCc2ccccc2)ccc1O. The molecule has 0 radical (unpaired) electrons. The molecule has 3 N–H and O–H groups in total. The molecular formula is C25H24AsNO7. The van der Waals surface area contributed by atoms with E-state index in [9.17, 15) is 22.5 Å². The van der Waals surface area contributed by atoms with E-state index < -0.39 is 26.0 Å². The van der Waals surface area contributed by atoms with E-state index >= 15 is 0 Å². The molecule has 0 heterocycles. The number of benzene rings is 3. The van der Waals surface area contributed by atoms with Gasteiger partial charge < -0.3 is 0 Å². The fourth-order valence-corrected chi connectivity index (χ4v) is 5.14. The van der Waals surface area contributed by atoms with Crippen molar-refractivity contribution in [1.29, 1.82) is 0 Å². The molecule has 0 aliphatic carbocycles. The van der Waals surface area contributed by atoms with Gasteiger partial charge in [-0.1, -0.05) is 0 Å². The van der Waals surface area contributed by atoms with Gasteiger partial charge in [-0.15, -0.1) is 0 Å². The van der Waals surface area contributed by atoms with E-state index in [-0.39, 0.29) is 21.4 Å². The van der Waals surface area contributed by atoms with Crippen LogP contribution in [0.5, 0.6) is 11.5 Å². The molecule has 0 saturated carbocycles. The molecule has 34 heavy (non-hydrogen) atoms. The van der Waals surface area contributed by atoms with Crippen molar-refractivity contribution in [2.75, 3.05) is 5.32 Å². The van der Waals surface area contributed by atoms with E-state index in [0.29, 0.717) is 17.9 Å². The number of carbonyl (C=O) groups excluding carboxylic acids is 2. The van der Waals surface area contributed by atoms with Crippen LogP contribution in [-0.4, -0.2) is 35.3 Å². The van der Waals surface area contributed by atoms with Crippen LogP contribution in [0.25, 0.3) is 6.08 Å². The van der Waals surface area contributed by atoms with E-state index in [2.05, 4.69) is 5.32 Å². The number of carbonyl (C=O) groups is 2. The molecule has 8 nitrogen and oxygen atoms in total. The molecule has 0 saturated heterocycles. The van der Waals surface area contributed by atoms with E-state index in [1.165, 1.54) is 26.0 Å². The number of rotatable bonds is 8. The van der Waals surface area contributed by atoms with Gasteiger partial charge >= 0.3 is 200 Å². The van der Waals surface area contributed by atoms with Gasteiger partial charge in [0.25, 0.3) is 0 Å². The van der Waals surface area contributed by atoms with E-state index in [1.54, 1.807) is 24.3 Å². The van der Waals surface area contributed by atoms with Gasteiger partial charge in [-0.3, -0.25) is 0 Å². The third-order valence-electron chi connectivity index (χ3n) is 4.67.